The summed E-state index contributed by atoms with van der Waals surface area (Å²) < 4.78 is 21.1. The van der Waals surface area contributed by atoms with Crippen LogP contribution in [-0.4, -0.2) is 27.5 Å². The second-order valence-corrected chi connectivity index (χ2v) is 5.10. The molecule has 0 spiro atoms. The average molecular weight is 290 g/mol. The minimum absolute atomic E-state index is 0.0149. The van der Waals surface area contributed by atoms with Crippen molar-refractivity contribution in [3.8, 4) is 17.1 Å². The Bertz CT molecular complexity index is 696. The van der Waals surface area contributed by atoms with Crippen molar-refractivity contribution in [2.24, 2.45) is 0 Å². The molecule has 1 atom stereocenters. The van der Waals surface area contributed by atoms with Crippen LogP contribution in [0.4, 0.5) is 4.39 Å². The Labute approximate surface area is 121 Å². The molecule has 2 heterocycles. The van der Waals surface area contributed by atoms with Crippen molar-refractivity contribution in [2.45, 2.75) is 25.8 Å². The van der Waals surface area contributed by atoms with Gasteiger partial charge in [-0.3, -0.25) is 0 Å². The summed E-state index contributed by atoms with van der Waals surface area (Å²) in [5, 5.41) is 13.8. The van der Waals surface area contributed by atoms with E-state index in [1.165, 1.54) is 12.1 Å². The highest BCUT2D eigenvalue weighted by Crippen LogP contribution is 2.36. The third-order valence-electron chi connectivity index (χ3n) is 3.63. The van der Waals surface area contributed by atoms with Crippen LogP contribution < -0.4 is 4.74 Å². The van der Waals surface area contributed by atoms with E-state index in [0.29, 0.717) is 6.61 Å². The van der Waals surface area contributed by atoms with Crippen LogP contribution >= 0.6 is 0 Å². The third kappa shape index (κ3) is 2.26. The normalized spacial score (nSPS) is 17.7. The standard InChI is InChI=1S/C15H15FN2O3/c1-9-5-4-8-21-14-12(15(19)20)13(17-18(9)14)10-6-2-3-7-11(10)16/h2-3,6-7,9H,4-5,8H2,1H3,(H,19,20). The number of aromatic nitrogens is 2. The fraction of sp³-hybridized carbons (Fsp3) is 0.333. The van der Waals surface area contributed by atoms with Gasteiger partial charge >= 0.3 is 5.97 Å². The number of nitrogens with zero attached hydrogens (tertiary/aromatic N) is 2. The van der Waals surface area contributed by atoms with E-state index in [1.54, 1.807) is 16.8 Å². The zero-order valence-electron chi connectivity index (χ0n) is 11.5. The highest BCUT2D eigenvalue weighted by Gasteiger charge is 2.30. The van der Waals surface area contributed by atoms with E-state index >= 15 is 0 Å². The summed E-state index contributed by atoms with van der Waals surface area (Å²) in [5.74, 6) is -1.45. The van der Waals surface area contributed by atoms with E-state index in [0.717, 1.165) is 12.8 Å². The van der Waals surface area contributed by atoms with Crippen LogP contribution in [0.2, 0.25) is 0 Å². The number of hydrogen-bond donors (Lipinski definition) is 1. The molecule has 6 heteroatoms. The number of rotatable bonds is 2. The molecule has 0 saturated carbocycles. The first-order valence-corrected chi connectivity index (χ1v) is 6.83. The molecule has 1 N–H and O–H groups in total. The second kappa shape index (κ2) is 5.20. The zero-order valence-corrected chi connectivity index (χ0v) is 11.5. The maximum absolute atomic E-state index is 14.0. The Balaban J connectivity index is 2.25. The Morgan fingerprint density at radius 3 is 2.95 bits per heavy atom. The highest BCUT2D eigenvalue weighted by atomic mass is 19.1. The molecule has 0 bridgehead atoms. The molecule has 3 rings (SSSR count). The molecule has 1 aliphatic heterocycles. The van der Waals surface area contributed by atoms with Gasteiger partial charge in [0.2, 0.25) is 5.88 Å². The lowest BCUT2D eigenvalue weighted by Gasteiger charge is -2.09. The Kier molecular flexibility index (Phi) is 3.37. The first kappa shape index (κ1) is 13.6. The van der Waals surface area contributed by atoms with Crippen LogP contribution in [0.1, 0.15) is 36.2 Å². The molecule has 0 radical (unpaired) electrons. The molecule has 1 aliphatic rings. The van der Waals surface area contributed by atoms with Gasteiger partial charge in [-0.05, 0) is 31.9 Å². The second-order valence-electron chi connectivity index (χ2n) is 5.10. The maximum Gasteiger partial charge on any atom is 0.343 e. The van der Waals surface area contributed by atoms with E-state index < -0.39 is 11.8 Å². The van der Waals surface area contributed by atoms with Crippen molar-refractivity contribution in [1.82, 2.24) is 9.78 Å². The van der Waals surface area contributed by atoms with Crippen LogP contribution in [-0.2, 0) is 0 Å². The summed E-state index contributed by atoms with van der Waals surface area (Å²) in [5.41, 5.74) is 0.212. The Morgan fingerprint density at radius 1 is 1.48 bits per heavy atom. The molecule has 2 aromatic rings. The largest absolute Gasteiger partial charge is 0.477 e. The number of fused-ring (bicyclic) bond motifs is 1. The quantitative estimate of drug-likeness (QED) is 0.923. The number of benzene rings is 1. The molecule has 110 valence electrons. The van der Waals surface area contributed by atoms with Crippen molar-refractivity contribution in [2.75, 3.05) is 6.61 Å². The highest BCUT2D eigenvalue weighted by molar-refractivity contribution is 5.97. The van der Waals surface area contributed by atoms with E-state index in [4.69, 9.17) is 4.74 Å². The van der Waals surface area contributed by atoms with Crippen molar-refractivity contribution >= 4 is 5.97 Å². The van der Waals surface area contributed by atoms with E-state index in [1.807, 2.05) is 6.92 Å². The van der Waals surface area contributed by atoms with Gasteiger partial charge in [0.05, 0.1) is 12.6 Å². The monoisotopic (exact) mass is 290 g/mol. The molecule has 0 aliphatic carbocycles. The molecular weight excluding hydrogens is 275 g/mol. The summed E-state index contributed by atoms with van der Waals surface area (Å²) in [7, 11) is 0. The van der Waals surface area contributed by atoms with Gasteiger partial charge in [-0.25, -0.2) is 13.9 Å². The fourth-order valence-electron chi connectivity index (χ4n) is 2.56. The van der Waals surface area contributed by atoms with Crippen molar-refractivity contribution < 1.29 is 19.0 Å². The van der Waals surface area contributed by atoms with Gasteiger partial charge in [-0.2, -0.15) is 5.10 Å². The van der Waals surface area contributed by atoms with Crippen molar-refractivity contribution in [3.63, 3.8) is 0 Å². The van der Waals surface area contributed by atoms with Crippen LogP contribution in [0.5, 0.6) is 5.88 Å². The zero-order chi connectivity index (χ0) is 15.0. The Hall–Kier alpha value is -2.37. The lowest BCUT2D eigenvalue weighted by Crippen LogP contribution is -2.07. The van der Waals surface area contributed by atoms with Gasteiger partial charge in [-0.1, -0.05) is 12.1 Å². The number of carboxylic acids is 1. The van der Waals surface area contributed by atoms with Gasteiger partial charge in [0.1, 0.15) is 17.1 Å². The fourth-order valence-corrected chi connectivity index (χ4v) is 2.56. The average Bonchev–Trinajstić information content (AvgIpc) is 2.74. The summed E-state index contributed by atoms with van der Waals surface area (Å²) in [6.45, 7) is 2.38. The summed E-state index contributed by atoms with van der Waals surface area (Å²) in [6.07, 6.45) is 1.67. The van der Waals surface area contributed by atoms with E-state index in [9.17, 15) is 14.3 Å². The molecular formula is C15H15FN2O3. The SMILES string of the molecule is CC1CCCOc2c(C(=O)O)c(-c3ccccc3F)nn21. The molecule has 1 unspecified atom stereocenters. The van der Waals surface area contributed by atoms with Gasteiger partial charge < -0.3 is 9.84 Å². The van der Waals surface area contributed by atoms with Gasteiger partial charge in [0, 0.05) is 5.56 Å². The molecule has 1 aromatic heterocycles. The molecule has 0 fully saturated rings. The lowest BCUT2D eigenvalue weighted by molar-refractivity contribution is 0.0692. The summed E-state index contributed by atoms with van der Waals surface area (Å²) in [6, 6.07) is 6.03. The van der Waals surface area contributed by atoms with Crippen LogP contribution in [0.15, 0.2) is 24.3 Å². The number of aromatic carboxylic acids is 1. The summed E-state index contributed by atoms with van der Waals surface area (Å²) >= 11 is 0. The maximum atomic E-state index is 14.0. The van der Waals surface area contributed by atoms with Crippen LogP contribution in [0, 0.1) is 5.82 Å². The first-order chi connectivity index (χ1) is 10.1. The number of ether oxygens (including phenoxy) is 1. The van der Waals surface area contributed by atoms with E-state index in [2.05, 4.69) is 5.10 Å². The smallest absolute Gasteiger partial charge is 0.343 e. The van der Waals surface area contributed by atoms with Crippen LogP contribution in [0.25, 0.3) is 11.3 Å². The first-order valence-electron chi connectivity index (χ1n) is 6.83. The number of carboxylic acid groups (broad SMARTS) is 1. The summed E-state index contributed by atoms with van der Waals surface area (Å²) in [4.78, 5) is 11.6. The van der Waals surface area contributed by atoms with Gasteiger partial charge in [-0.15, -0.1) is 0 Å². The minimum atomic E-state index is -1.16. The molecule has 5 nitrogen and oxygen atoms in total. The Morgan fingerprint density at radius 2 is 2.24 bits per heavy atom. The molecule has 1 aromatic carbocycles. The predicted octanol–water partition coefficient (Wildman–Crippen LogP) is 3.12. The van der Waals surface area contributed by atoms with Gasteiger partial charge in [0.15, 0.2) is 0 Å². The van der Waals surface area contributed by atoms with Gasteiger partial charge in [0.25, 0.3) is 0 Å². The molecule has 21 heavy (non-hydrogen) atoms. The number of carbonyl (C=O) groups is 1. The third-order valence-corrected chi connectivity index (χ3v) is 3.63. The van der Waals surface area contributed by atoms with Crippen molar-refractivity contribution in [3.05, 3.63) is 35.6 Å². The number of halogens is 1. The molecule has 0 saturated heterocycles. The minimum Gasteiger partial charge on any atom is -0.477 e. The predicted molar refractivity (Wildman–Crippen MR) is 74.0 cm³/mol. The molecule has 0 amide bonds. The van der Waals surface area contributed by atoms with Crippen LogP contribution in [0.3, 0.4) is 0 Å². The lowest BCUT2D eigenvalue weighted by atomic mass is 10.1. The number of hydrogen-bond acceptors (Lipinski definition) is 3. The van der Waals surface area contributed by atoms with E-state index in [-0.39, 0.29) is 28.7 Å². The van der Waals surface area contributed by atoms with Crippen molar-refractivity contribution in [1.29, 1.82) is 0 Å². The topological polar surface area (TPSA) is 64.3 Å².